The number of H-pyrrole nitrogens is 1. The quantitative estimate of drug-likeness (QED) is 0.911. The SMILES string of the molecule is Cc1cc(C(=O)NCCc2ccc(Br)cc2)n[nH]1. The second-order valence-corrected chi connectivity index (χ2v) is 4.98. The van der Waals surface area contributed by atoms with Crippen LogP contribution in [0.4, 0.5) is 0 Å². The number of carbonyl (C=O) groups is 1. The fourth-order valence-corrected chi connectivity index (χ4v) is 1.86. The van der Waals surface area contributed by atoms with Crippen molar-refractivity contribution < 1.29 is 4.79 Å². The van der Waals surface area contributed by atoms with Crippen LogP contribution >= 0.6 is 15.9 Å². The number of nitrogens with one attached hydrogen (secondary N) is 2. The van der Waals surface area contributed by atoms with Crippen molar-refractivity contribution in [1.82, 2.24) is 15.5 Å². The molecule has 4 nitrogen and oxygen atoms in total. The van der Waals surface area contributed by atoms with Gasteiger partial charge in [0.05, 0.1) is 0 Å². The zero-order valence-corrected chi connectivity index (χ0v) is 11.6. The number of hydrogen-bond donors (Lipinski definition) is 2. The van der Waals surface area contributed by atoms with Crippen LogP contribution in [0.15, 0.2) is 34.8 Å². The van der Waals surface area contributed by atoms with Gasteiger partial charge in [0.25, 0.3) is 5.91 Å². The lowest BCUT2D eigenvalue weighted by atomic mass is 10.1. The predicted molar refractivity (Wildman–Crippen MR) is 73.5 cm³/mol. The minimum Gasteiger partial charge on any atom is -0.350 e. The number of amides is 1. The number of rotatable bonds is 4. The minimum absolute atomic E-state index is 0.142. The lowest BCUT2D eigenvalue weighted by molar-refractivity contribution is 0.0949. The largest absolute Gasteiger partial charge is 0.350 e. The van der Waals surface area contributed by atoms with Crippen molar-refractivity contribution in [2.75, 3.05) is 6.54 Å². The zero-order chi connectivity index (χ0) is 13.0. The van der Waals surface area contributed by atoms with Crippen LogP contribution in [0, 0.1) is 6.92 Å². The molecule has 2 N–H and O–H groups in total. The number of aryl methyl sites for hydroxylation is 1. The van der Waals surface area contributed by atoms with E-state index in [1.54, 1.807) is 6.07 Å². The number of carbonyl (C=O) groups excluding carboxylic acids is 1. The molecule has 2 rings (SSSR count). The molecule has 0 spiro atoms. The van der Waals surface area contributed by atoms with E-state index < -0.39 is 0 Å². The van der Waals surface area contributed by atoms with Crippen LogP contribution in [0.2, 0.25) is 0 Å². The Morgan fingerprint density at radius 3 is 2.72 bits per heavy atom. The molecule has 1 aromatic heterocycles. The average Bonchev–Trinajstić information content (AvgIpc) is 2.78. The molecular weight excluding hydrogens is 294 g/mol. The van der Waals surface area contributed by atoms with Crippen LogP contribution in [-0.2, 0) is 6.42 Å². The van der Waals surface area contributed by atoms with Gasteiger partial charge in [0.2, 0.25) is 0 Å². The first-order chi connectivity index (χ1) is 8.65. The molecule has 5 heteroatoms. The van der Waals surface area contributed by atoms with Crippen LogP contribution in [0.1, 0.15) is 21.7 Å². The molecule has 1 aromatic carbocycles. The van der Waals surface area contributed by atoms with Crippen molar-refractivity contribution in [3.8, 4) is 0 Å². The van der Waals surface area contributed by atoms with Crippen LogP contribution in [0.25, 0.3) is 0 Å². The Hall–Kier alpha value is -1.62. The number of halogens is 1. The van der Waals surface area contributed by atoms with E-state index in [0.29, 0.717) is 12.2 Å². The number of aromatic amines is 1. The normalized spacial score (nSPS) is 10.3. The first-order valence-corrected chi connectivity index (χ1v) is 6.49. The van der Waals surface area contributed by atoms with Gasteiger partial charge in [0.1, 0.15) is 5.69 Å². The van der Waals surface area contributed by atoms with E-state index in [4.69, 9.17) is 0 Å². The van der Waals surface area contributed by atoms with Crippen molar-refractivity contribution in [3.63, 3.8) is 0 Å². The van der Waals surface area contributed by atoms with E-state index in [-0.39, 0.29) is 5.91 Å². The third-order valence-electron chi connectivity index (χ3n) is 2.55. The summed E-state index contributed by atoms with van der Waals surface area (Å²) >= 11 is 3.39. The van der Waals surface area contributed by atoms with Crippen molar-refractivity contribution in [2.24, 2.45) is 0 Å². The summed E-state index contributed by atoms with van der Waals surface area (Å²) in [4.78, 5) is 11.7. The van der Waals surface area contributed by atoms with Crippen molar-refractivity contribution in [3.05, 3.63) is 51.8 Å². The molecule has 0 saturated heterocycles. The molecule has 18 heavy (non-hydrogen) atoms. The summed E-state index contributed by atoms with van der Waals surface area (Å²) in [5.41, 5.74) is 2.51. The van der Waals surface area contributed by atoms with Gasteiger partial charge in [-0.25, -0.2) is 0 Å². The number of nitrogens with zero attached hydrogens (tertiary/aromatic N) is 1. The van der Waals surface area contributed by atoms with E-state index in [2.05, 4.69) is 31.4 Å². The van der Waals surface area contributed by atoms with E-state index in [0.717, 1.165) is 16.6 Å². The molecule has 1 amide bonds. The standard InChI is InChI=1S/C13H14BrN3O/c1-9-8-12(17-16-9)13(18)15-7-6-10-2-4-11(14)5-3-10/h2-5,8H,6-7H2,1H3,(H,15,18)(H,16,17). The van der Waals surface area contributed by atoms with Gasteiger partial charge < -0.3 is 5.32 Å². The van der Waals surface area contributed by atoms with Gasteiger partial charge in [-0.3, -0.25) is 9.89 Å². The molecule has 2 aromatic rings. The molecule has 0 saturated carbocycles. The molecule has 0 aliphatic rings. The first kappa shape index (κ1) is 12.8. The molecule has 0 radical (unpaired) electrons. The van der Waals surface area contributed by atoms with Gasteiger partial charge in [0.15, 0.2) is 0 Å². The fraction of sp³-hybridized carbons (Fsp3) is 0.231. The maximum absolute atomic E-state index is 11.7. The second kappa shape index (κ2) is 5.82. The summed E-state index contributed by atoms with van der Waals surface area (Å²) in [7, 11) is 0. The van der Waals surface area contributed by atoms with Gasteiger partial charge in [-0.05, 0) is 37.1 Å². The molecular formula is C13H14BrN3O. The maximum Gasteiger partial charge on any atom is 0.271 e. The summed E-state index contributed by atoms with van der Waals surface area (Å²) in [6.45, 7) is 2.47. The monoisotopic (exact) mass is 307 g/mol. The molecule has 0 fully saturated rings. The second-order valence-electron chi connectivity index (χ2n) is 4.07. The van der Waals surface area contributed by atoms with Crippen molar-refractivity contribution in [2.45, 2.75) is 13.3 Å². The Morgan fingerprint density at radius 2 is 2.11 bits per heavy atom. The summed E-state index contributed by atoms with van der Waals surface area (Å²) in [5, 5.41) is 9.50. The van der Waals surface area contributed by atoms with Crippen LogP contribution in [0.3, 0.4) is 0 Å². The summed E-state index contributed by atoms with van der Waals surface area (Å²) in [6, 6.07) is 9.79. The number of aromatic nitrogens is 2. The Kier molecular flexibility index (Phi) is 4.15. The van der Waals surface area contributed by atoms with E-state index in [1.165, 1.54) is 5.56 Å². The molecule has 0 aliphatic carbocycles. The zero-order valence-electron chi connectivity index (χ0n) is 10.0. The molecule has 0 atom stereocenters. The highest BCUT2D eigenvalue weighted by molar-refractivity contribution is 9.10. The van der Waals surface area contributed by atoms with Crippen LogP contribution < -0.4 is 5.32 Å². The van der Waals surface area contributed by atoms with Gasteiger partial charge in [0, 0.05) is 16.7 Å². The average molecular weight is 308 g/mol. The van der Waals surface area contributed by atoms with Crippen LogP contribution in [0.5, 0.6) is 0 Å². The minimum atomic E-state index is -0.142. The lowest BCUT2D eigenvalue weighted by Gasteiger charge is -2.03. The van der Waals surface area contributed by atoms with Gasteiger partial charge in [-0.15, -0.1) is 0 Å². The maximum atomic E-state index is 11.7. The topological polar surface area (TPSA) is 57.8 Å². The Balaban J connectivity index is 1.82. The summed E-state index contributed by atoms with van der Waals surface area (Å²) in [6.07, 6.45) is 0.808. The third kappa shape index (κ3) is 3.43. The third-order valence-corrected chi connectivity index (χ3v) is 3.08. The number of benzene rings is 1. The highest BCUT2D eigenvalue weighted by atomic mass is 79.9. The Bertz CT molecular complexity index is 533. The molecule has 0 unspecified atom stereocenters. The van der Waals surface area contributed by atoms with Crippen molar-refractivity contribution in [1.29, 1.82) is 0 Å². The highest BCUT2D eigenvalue weighted by Gasteiger charge is 2.07. The molecule has 0 aliphatic heterocycles. The Morgan fingerprint density at radius 1 is 1.39 bits per heavy atom. The van der Waals surface area contributed by atoms with Gasteiger partial charge in [-0.2, -0.15) is 5.10 Å². The first-order valence-electron chi connectivity index (χ1n) is 5.70. The lowest BCUT2D eigenvalue weighted by Crippen LogP contribution is -2.26. The van der Waals surface area contributed by atoms with Crippen LogP contribution in [-0.4, -0.2) is 22.6 Å². The Labute approximate surface area is 114 Å². The van der Waals surface area contributed by atoms with E-state index in [9.17, 15) is 4.79 Å². The molecule has 0 bridgehead atoms. The van der Waals surface area contributed by atoms with E-state index in [1.807, 2.05) is 31.2 Å². The van der Waals surface area contributed by atoms with Gasteiger partial charge in [-0.1, -0.05) is 28.1 Å². The summed E-state index contributed by atoms with van der Waals surface area (Å²) in [5.74, 6) is -0.142. The van der Waals surface area contributed by atoms with Crippen molar-refractivity contribution >= 4 is 21.8 Å². The summed E-state index contributed by atoms with van der Waals surface area (Å²) < 4.78 is 1.06. The van der Waals surface area contributed by atoms with Gasteiger partial charge >= 0.3 is 0 Å². The smallest absolute Gasteiger partial charge is 0.271 e. The van der Waals surface area contributed by atoms with E-state index >= 15 is 0 Å². The fourth-order valence-electron chi connectivity index (χ4n) is 1.60. The molecule has 94 valence electrons. The predicted octanol–water partition coefficient (Wildman–Crippen LogP) is 2.45. The highest BCUT2D eigenvalue weighted by Crippen LogP contribution is 2.10. The molecule has 1 heterocycles. The number of hydrogen-bond acceptors (Lipinski definition) is 2.